The third-order valence-electron chi connectivity index (χ3n) is 3.98. The van der Waals surface area contributed by atoms with Crippen LogP contribution in [0.1, 0.15) is 27.1 Å². The molecule has 0 saturated carbocycles. The number of carbonyl (C=O) groups is 2. The van der Waals surface area contributed by atoms with Crippen LogP contribution in [-0.2, 0) is 9.47 Å². The second-order valence-corrected chi connectivity index (χ2v) is 5.91. The summed E-state index contributed by atoms with van der Waals surface area (Å²) in [5.41, 5.74) is -0.829. The molecule has 0 amide bonds. The number of ether oxygens (including phenoxy) is 4. The summed E-state index contributed by atoms with van der Waals surface area (Å²) in [7, 11) is 2.61. The highest BCUT2D eigenvalue weighted by Crippen LogP contribution is 2.26. The van der Waals surface area contributed by atoms with Gasteiger partial charge >= 0.3 is 11.9 Å². The van der Waals surface area contributed by atoms with Crippen LogP contribution < -0.4 is 9.47 Å². The topological polar surface area (TPSA) is 157 Å². The minimum Gasteiger partial charge on any atom is -0.496 e. The van der Waals surface area contributed by atoms with Crippen LogP contribution in [0.25, 0.3) is 0 Å². The predicted octanol–water partition coefficient (Wildman–Crippen LogP) is 2.92. The number of hydrogen-bond donors (Lipinski definition) is 0. The first-order valence-corrected chi connectivity index (χ1v) is 8.77. The normalized spacial score (nSPS) is 10.1. The average Bonchev–Trinajstić information content (AvgIpc) is 2.77. The molecular weight excluding hydrogens is 416 g/mol. The fourth-order valence-electron chi connectivity index (χ4n) is 2.48. The minimum absolute atomic E-state index is 0.111. The lowest BCUT2D eigenvalue weighted by atomic mass is 10.2. The largest absolute Gasteiger partial charge is 0.496 e. The molecule has 12 heteroatoms. The standard InChI is InChI=1S/C19H18N2O10/c1-28-16-6-4-12(20(24)25)10-14(16)18(22)30-8-3-9-31-19(23)15-11-13(21(26)27)5-7-17(15)29-2/h4-7,10-11H,3,8-9H2,1-2H3. The summed E-state index contributed by atoms with van der Waals surface area (Å²) in [5.74, 6) is -1.46. The number of esters is 2. The number of rotatable bonds is 10. The second-order valence-electron chi connectivity index (χ2n) is 5.91. The lowest BCUT2D eigenvalue weighted by molar-refractivity contribution is -0.385. The molecule has 0 radical (unpaired) electrons. The Bertz CT molecular complexity index is 926. The van der Waals surface area contributed by atoms with E-state index in [1.807, 2.05) is 0 Å². The Labute approximate surface area is 175 Å². The highest BCUT2D eigenvalue weighted by Gasteiger charge is 2.20. The van der Waals surface area contributed by atoms with Crippen molar-refractivity contribution in [2.24, 2.45) is 0 Å². The number of non-ortho nitro benzene ring substituents is 2. The van der Waals surface area contributed by atoms with E-state index in [9.17, 15) is 29.8 Å². The smallest absolute Gasteiger partial charge is 0.342 e. The highest BCUT2D eigenvalue weighted by atomic mass is 16.6. The number of nitrogens with zero attached hydrogens (tertiary/aromatic N) is 2. The van der Waals surface area contributed by atoms with Gasteiger partial charge in [-0.1, -0.05) is 0 Å². The summed E-state index contributed by atoms with van der Waals surface area (Å²) in [5, 5.41) is 21.8. The van der Waals surface area contributed by atoms with Crippen LogP contribution in [0.4, 0.5) is 11.4 Å². The molecule has 0 bridgehead atoms. The quantitative estimate of drug-likeness (QED) is 0.235. The van der Waals surface area contributed by atoms with Crippen LogP contribution in [0.3, 0.4) is 0 Å². The van der Waals surface area contributed by atoms with E-state index in [0.717, 1.165) is 12.1 Å². The van der Waals surface area contributed by atoms with Crippen molar-refractivity contribution in [2.75, 3.05) is 27.4 Å². The summed E-state index contributed by atoms with van der Waals surface area (Å²) in [6.07, 6.45) is 0.117. The first-order valence-electron chi connectivity index (χ1n) is 8.77. The summed E-state index contributed by atoms with van der Waals surface area (Å²) < 4.78 is 20.1. The van der Waals surface area contributed by atoms with E-state index in [1.165, 1.54) is 38.5 Å². The van der Waals surface area contributed by atoms with Gasteiger partial charge in [0.15, 0.2) is 0 Å². The van der Waals surface area contributed by atoms with Gasteiger partial charge in [-0.3, -0.25) is 20.2 Å². The molecule has 12 nitrogen and oxygen atoms in total. The summed E-state index contributed by atoms with van der Waals surface area (Å²) >= 11 is 0. The number of benzene rings is 2. The van der Waals surface area contributed by atoms with Crippen LogP contribution in [0, 0.1) is 20.2 Å². The zero-order chi connectivity index (χ0) is 23.0. The molecule has 0 atom stereocenters. The van der Waals surface area contributed by atoms with Crippen molar-refractivity contribution in [2.45, 2.75) is 6.42 Å². The number of methoxy groups -OCH3 is 2. The van der Waals surface area contributed by atoms with E-state index in [0.29, 0.717) is 0 Å². The lowest BCUT2D eigenvalue weighted by Crippen LogP contribution is -2.13. The Hall–Kier alpha value is -4.22. The van der Waals surface area contributed by atoms with Crippen molar-refractivity contribution in [1.29, 1.82) is 0 Å². The third-order valence-corrected chi connectivity index (χ3v) is 3.98. The zero-order valence-corrected chi connectivity index (χ0v) is 16.6. The monoisotopic (exact) mass is 434 g/mol. The molecule has 0 saturated heterocycles. The first-order chi connectivity index (χ1) is 14.8. The predicted molar refractivity (Wildman–Crippen MR) is 104 cm³/mol. The van der Waals surface area contributed by atoms with E-state index < -0.39 is 21.8 Å². The van der Waals surface area contributed by atoms with Gasteiger partial charge in [-0.25, -0.2) is 9.59 Å². The first kappa shape index (κ1) is 23.1. The average molecular weight is 434 g/mol. The minimum atomic E-state index is -0.841. The Kier molecular flexibility index (Phi) is 7.83. The lowest BCUT2D eigenvalue weighted by Gasteiger charge is -2.10. The van der Waals surface area contributed by atoms with E-state index in [4.69, 9.17) is 18.9 Å². The molecule has 0 spiro atoms. The number of nitro benzene ring substituents is 2. The van der Waals surface area contributed by atoms with Gasteiger partial charge in [0.1, 0.15) is 22.6 Å². The van der Waals surface area contributed by atoms with Gasteiger partial charge in [-0.05, 0) is 12.1 Å². The van der Waals surface area contributed by atoms with Crippen LogP contribution >= 0.6 is 0 Å². The molecule has 0 unspecified atom stereocenters. The van der Waals surface area contributed by atoms with Crippen molar-refractivity contribution in [1.82, 2.24) is 0 Å². The SMILES string of the molecule is COc1ccc([N+](=O)[O-])cc1C(=O)OCCCOC(=O)c1cc([N+](=O)[O-])ccc1OC. The van der Waals surface area contributed by atoms with Crippen LogP contribution in [0.5, 0.6) is 11.5 Å². The maximum atomic E-state index is 12.2. The van der Waals surface area contributed by atoms with Crippen molar-refractivity contribution in [3.8, 4) is 11.5 Å². The molecular formula is C19H18N2O10. The zero-order valence-electron chi connectivity index (χ0n) is 16.6. The Morgan fingerprint density at radius 1 is 0.774 bits per heavy atom. The third kappa shape index (κ3) is 5.88. The summed E-state index contributed by atoms with van der Waals surface area (Å²) in [6, 6.07) is 7.02. The molecule has 31 heavy (non-hydrogen) atoms. The molecule has 2 rings (SSSR count). The molecule has 2 aromatic rings. The van der Waals surface area contributed by atoms with Gasteiger partial charge in [0, 0.05) is 30.7 Å². The van der Waals surface area contributed by atoms with E-state index in [2.05, 4.69) is 0 Å². The van der Waals surface area contributed by atoms with Crippen molar-refractivity contribution in [3.05, 3.63) is 67.8 Å². The second kappa shape index (κ2) is 10.5. The molecule has 0 N–H and O–H groups in total. The molecule has 0 fully saturated rings. The summed E-state index contributed by atoms with van der Waals surface area (Å²) in [6.45, 7) is -0.298. The van der Waals surface area contributed by atoms with Gasteiger partial charge in [-0.15, -0.1) is 0 Å². The highest BCUT2D eigenvalue weighted by molar-refractivity contribution is 5.94. The van der Waals surface area contributed by atoms with Gasteiger partial charge in [0.2, 0.25) is 0 Å². The Morgan fingerprint density at radius 3 is 1.48 bits per heavy atom. The Morgan fingerprint density at radius 2 is 1.16 bits per heavy atom. The molecule has 2 aromatic carbocycles. The van der Waals surface area contributed by atoms with Crippen LogP contribution in [0.15, 0.2) is 36.4 Å². The van der Waals surface area contributed by atoms with E-state index >= 15 is 0 Å². The maximum Gasteiger partial charge on any atom is 0.342 e. The van der Waals surface area contributed by atoms with E-state index in [1.54, 1.807) is 0 Å². The molecule has 0 aliphatic rings. The molecule has 0 heterocycles. The maximum absolute atomic E-state index is 12.2. The van der Waals surface area contributed by atoms with Crippen LogP contribution in [-0.4, -0.2) is 49.2 Å². The van der Waals surface area contributed by atoms with Crippen molar-refractivity contribution >= 4 is 23.3 Å². The van der Waals surface area contributed by atoms with Gasteiger partial charge in [0.05, 0.1) is 37.3 Å². The fourth-order valence-corrected chi connectivity index (χ4v) is 2.48. The Balaban J connectivity index is 1.91. The van der Waals surface area contributed by atoms with E-state index in [-0.39, 0.29) is 53.6 Å². The fraction of sp³-hybridized carbons (Fsp3) is 0.263. The van der Waals surface area contributed by atoms with Gasteiger partial charge in [0.25, 0.3) is 11.4 Å². The molecule has 0 aliphatic heterocycles. The van der Waals surface area contributed by atoms with Gasteiger partial charge < -0.3 is 18.9 Å². The molecule has 164 valence electrons. The van der Waals surface area contributed by atoms with Gasteiger partial charge in [-0.2, -0.15) is 0 Å². The molecule has 0 aliphatic carbocycles. The summed E-state index contributed by atoms with van der Waals surface area (Å²) in [4.78, 5) is 44.8. The number of carbonyl (C=O) groups excluding carboxylic acids is 2. The van der Waals surface area contributed by atoms with Crippen molar-refractivity contribution in [3.63, 3.8) is 0 Å². The number of hydrogen-bond acceptors (Lipinski definition) is 10. The van der Waals surface area contributed by atoms with Crippen LogP contribution in [0.2, 0.25) is 0 Å². The molecule has 0 aromatic heterocycles. The number of nitro groups is 2. The van der Waals surface area contributed by atoms with Crippen molar-refractivity contribution < 1.29 is 38.4 Å².